The number of nitrogens with zero attached hydrogens (tertiary/aromatic N) is 1. The van der Waals surface area contributed by atoms with Crippen LogP contribution in [0.5, 0.6) is 0 Å². The van der Waals surface area contributed by atoms with Crippen LogP contribution in [0, 0.1) is 10.1 Å². The maximum absolute atomic E-state index is 11.5. The van der Waals surface area contributed by atoms with Crippen molar-refractivity contribution in [3.63, 3.8) is 0 Å². The van der Waals surface area contributed by atoms with Crippen LogP contribution < -0.4 is 16.0 Å². The number of nitro groups is 1. The summed E-state index contributed by atoms with van der Waals surface area (Å²) in [6.07, 6.45) is 2.49. The largest absolute Gasteiger partial charge is 0.388 e. The molecular formula is C13H18N4O3. The number of amides is 1. The molecule has 1 aromatic carbocycles. The molecule has 2 rings (SSSR count). The third-order valence-corrected chi connectivity index (χ3v) is 3.04. The highest BCUT2D eigenvalue weighted by molar-refractivity contribution is 5.77. The Kier molecular flexibility index (Phi) is 4.39. The number of hydrogen-bond acceptors (Lipinski definition) is 5. The number of rotatable bonds is 7. The molecule has 0 radical (unpaired) electrons. The van der Waals surface area contributed by atoms with Crippen molar-refractivity contribution < 1.29 is 9.72 Å². The molecular weight excluding hydrogens is 260 g/mol. The van der Waals surface area contributed by atoms with Crippen LogP contribution >= 0.6 is 0 Å². The van der Waals surface area contributed by atoms with Crippen molar-refractivity contribution in [2.45, 2.75) is 25.3 Å². The summed E-state index contributed by atoms with van der Waals surface area (Å²) < 4.78 is 0. The quantitative estimate of drug-likeness (QED) is 0.521. The molecule has 1 amide bonds. The zero-order chi connectivity index (χ0) is 14.5. The molecule has 0 aliphatic heterocycles. The van der Waals surface area contributed by atoms with E-state index in [0.717, 1.165) is 12.8 Å². The molecule has 20 heavy (non-hydrogen) atoms. The lowest BCUT2D eigenvalue weighted by atomic mass is 10.2. The van der Waals surface area contributed by atoms with Gasteiger partial charge in [-0.1, -0.05) is 0 Å². The number of hydrogen-bond donors (Lipinski definition) is 3. The van der Waals surface area contributed by atoms with E-state index in [2.05, 4.69) is 16.0 Å². The lowest BCUT2D eigenvalue weighted by Gasteiger charge is -2.09. The van der Waals surface area contributed by atoms with Gasteiger partial charge in [-0.15, -0.1) is 0 Å². The third-order valence-electron chi connectivity index (χ3n) is 3.04. The highest BCUT2D eigenvalue weighted by atomic mass is 16.6. The van der Waals surface area contributed by atoms with Gasteiger partial charge < -0.3 is 16.0 Å². The van der Waals surface area contributed by atoms with Crippen LogP contribution in [-0.4, -0.2) is 30.5 Å². The van der Waals surface area contributed by atoms with Crippen molar-refractivity contribution in [2.24, 2.45) is 0 Å². The number of nitrogens with one attached hydrogen (secondary N) is 3. The van der Waals surface area contributed by atoms with E-state index in [-0.39, 0.29) is 11.6 Å². The molecule has 0 unspecified atom stereocenters. The fourth-order valence-corrected chi connectivity index (χ4v) is 1.81. The molecule has 0 aromatic heterocycles. The molecule has 1 aliphatic rings. The zero-order valence-corrected chi connectivity index (χ0v) is 11.3. The second-order valence-electron chi connectivity index (χ2n) is 4.79. The Morgan fingerprint density at radius 2 is 2.05 bits per heavy atom. The monoisotopic (exact) mass is 278 g/mol. The smallest absolute Gasteiger partial charge is 0.273 e. The molecule has 7 nitrogen and oxygen atoms in total. The van der Waals surface area contributed by atoms with Crippen LogP contribution in [-0.2, 0) is 4.79 Å². The van der Waals surface area contributed by atoms with Crippen molar-refractivity contribution in [3.05, 3.63) is 28.3 Å². The first-order chi connectivity index (χ1) is 9.58. The summed E-state index contributed by atoms with van der Waals surface area (Å²) in [6.45, 7) is 0.447. The van der Waals surface area contributed by atoms with Gasteiger partial charge in [0.25, 0.3) is 5.69 Å². The van der Waals surface area contributed by atoms with Crippen molar-refractivity contribution in [2.75, 3.05) is 24.2 Å². The maximum atomic E-state index is 11.5. The van der Waals surface area contributed by atoms with E-state index in [9.17, 15) is 14.9 Å². The van der Waals surface area contributed by atoms with Gasteiger partial charge in [0, 0.05) is 49.6 Å². The van der Waals surface area contributed by atoms with Crippen LogP contribution in [0.4, 0.5) is 17.1 Å². The molecule has 0 bridgehead atoms. The second kappa shape index (κ2) is 6.23. The molecule has 0 spiro atoms. The van der Waals surface area contributed by atoms with E-state index in [0.29, 0.717) is 30.4 Å². The summed E-state index contributed by atoms with van der Waals surface area (Å²) in [6, 6.07) is 5.05. The van der Waals surface area contributed by atoms with Crippen LogP contribution in [0.15, 0.2) is 18.2 Å². The zero-order valence-electron chi connectivity index (χ0n) is 11.3. The van der Waals surface area contributed by atoms with Gasteiger partial charge >= 0.3 is 0 Å². The average Bonchev–Trinajstić information content (AvgIpc) is 3.22. The van der Waals surface area contributed by atoms with Gasteiger partial charge in [0.15, 0.2) is 0 Å². The Morgan fingerprint density at radius 1 is 1.35 bits per heavy atom. The van der Waals surface area contributed by atoms with Gasteiger partial charge in [0.1, 0.15) is 0 Å². The number of nitro benzene ring substituents is 1. The van der Waals surface area contributed by atoms with Gasteiger partial charge in [-0.3, -0.25) is 14.9 Å². The van der Waals surface area contributed by atoms with Crippen molar-refractivity contribution in [1.82, 2.24) is 5.32 Å². The predicted octanol–water partition coefficient (Wildman–Crippen LogP) is 1.72. The predicted molar refractivity (Wildman–Crippen MR) is 76.9 cm³/mol. The minimum absolute atomic E-state index is 0.0132. The van der Waals surface area contributed by atoms with Gasteiger partial charge in [-0.2, -0.15) is 0 Å². The lowest BCUT2D eigenvalue weighted by Crippen LogP contribution is -2.27. The number of carbonyl (C=O) groups excluding carboxylic acids is 1. The van der Waals surface area contributed by atoms with E-state index in [1.165, 1.54) is 12.1 Å². The molecule has 3 N–H and O–H groups in total. The van der Waals surface area contributed by atoms with E-state index in [1.54, 1.807) is 13.1 Å². The van der Waals surface area contributed by atoms with Crippen molar-refractivity contribution in [1.29, 1.82) is 0 Å². The Bertz CT molecular complexity index is 514. The van der Waals surface area contributed by atoms with Crippen LogP contribution in [0.25, 0.3) is 0 Å². The fourth-order valence-electron chi connectivity index (χ4n) is 1.81. The number of non-ortho nitro benzene ring substituents is 1. The topological polar surface area (TPSA) is 96.3 Å². The van der Waals surface area contributed by atoms with Gasteiger partial charge in [-0.25, -0.2) is 0 Å². The summed E-state index contributed by atoms with van der Waals surface area (Å²) >= 11 is 0. The van der Waals surface area contributed by atoms with E-state index in [1.807, 2.05) is 0 Å². The standard InChI is InChI=1S/C13H18N4O3/c1-14-10-6-11(8-12(7-10)17(19)20)15-5-4-13(18)16-9-2-3-9/h6-9,14-15H,2-5H2,1H3,(H,16,18). The highest BCUT2D eigenvalue weighted by Gasteiger charge is 2.22. The fraction of sp³-hybridized carbons (Fsp3) is 0.462. The Morgan fingerprint density at radius 3 is 2.65 bits per heavy atom. The summed E-state index contributed by atoms with van der Waals surface area (Å²) in [5.74, 6) is 0.0132. The van der Waals surface area contributed by atoms with Crippen LogP contribution in [0.2, 0.25) is 0 Å². The molecule has 108 valence electrons. The lowest BCUT2D eigenvalue weighted by molar-refractivity contribution is -0.384. The Labute approximate surface area is 116 Å². The summed E-state index contributed by atoms with van der Waals surface area (Å²) in [5, 5.41) is 19.6. The molecule has 0 heterocycles. The molecule has 7 heteroatoms. The van der Waals surface area contributed by atoms with Gasteiger partial charge in [0.05, 0.1) is 4.92 Å². The SMILES string of the molecule is CNc1cc(NCCC(=O)NC2CC2)cc([N+](=O)[O-])c1. The number of carbonyl (C=O) groups is 1. The number of anilines is 2. The molecule has 1 aromatic rings. The number of benzene rings is 1. The average molecular weight is 278 g/mol. The van der Waals surface area contributed by atoms with Gasteiger partial charge in [0.2, 0.25) is 5.91 Å². The Balaban J connectivity index is 1.88. The molecule has 1 saturated carbocycles. The second-order valence-corrected chi connectivity index (χ2v) is 4.79. The first-order valence-corrected chi connectivity index (χ1v) is 6.59. The minimum atomic E-state index is -0.439. The molecule has 0 saturated heterocycles. The highest BCUT2D eigenvalue weighted by Crippen LogP contribution is 2.24. The molecule has 1 fully saturated rings. The van der Waals surface area contributed by atoms with E-state index < -0.39 is 4.92 Å². The normalized spacial score (nSPS) is 13.7. The minimum Gasteiger partial charge on any atom is -0.388 e. The summed E-state index contributed by atoms with van der Waals surface area (Å²) in [4.78, 5) is 21.9. The summed E-state index contributed by atoms with van der Waals surface area (Å²) in [5.41, 5.74) is 1.30. The van der Waals surface area contributed by atoms with Crippen LogP contribution in [0.1, 0.15) is 19.3 Å². The van der Waals surface area contributed by atoms with E-state index in [4.69, 9.17) is 0 Å². The summed E-state index contributed by atoms with van der Waals surface area (Å²) in [7, 11) is 1.70. The maximum Gasteiger partial charge on any atom is 0.273 e. The third kappa shape index (κ3) is 4.11. The first-order valence-electron chi connectivity index (χ1n) is 6.59. The van der Waals surface area contributed by atoms with Crippen LogP contribution in [0.3, 0.4) is 0 Å². The molecule has 1 aliphatic carbocycles. The molecule has 0 atom stereocenters. The van der Waals surface area contributed by atoms with Crippen molar-refractivity contribution in [3.8, 4) is 0 Å². The van der Waals surface area contributed by atoms with Gasteiger partial charge in [-0.05, 0) is 18.9 Å². The Hall–Kier alpha value is -2.31. The van der Waals surface area contributed by atoms with E-state index >= 15 is 0 Å². The van der Waals surface area contributed by atoms with Crippen molar-refractivity contribution >= 4 is 23.0 Å². The first kappa shape index (κ1) is 14.1.